The molecule has 0 saturated heterocycles. The molecule has 0 saturated carbocycles. The molecule has 0 aliphatic carbocycles. The number of likely N-dealkylation sites (N-methyl/N-ethyl adjacent to an activating group) is 1. The number of carbonyl (C=O) groups excluding carboxylic acids is 6. The first-order valence-electron chi connectivity index (χ1n) is 26.4. The molecule has 0 bridgehead atoms. The van der Waals surface area contributed by atoms with Gasteiger partial charge in [0.2, 0.25) is 35.4 Å². The van der Waals surface area contributed by atoms with Crippen LogP contribution in [-0.2, 0) is 28.8 Å². The van der Waals surface area contributed by atoms with E-state index in [1.165, 1.54) is 61.2 Å². The number of nitrogens with one attached hydrogen (secondary N) is 1. The third kappa shape index (κ3) is 31.4. The van der Waals surface area contributed by atoms with Crippen LogP contribution in [0.5, 0.6) is 0 Å². The van der Waals surface area contributed by atoms with Gasteiger partial charge in [0, 0.05) is 46.3 Å². The number of rotatable bonds is 44. The van der Waals surface area contributed by atoms with Gasteiger partial charge in [-0.25, -0.2) is 0 Å². The number of nitrogens with zero attached hydrogens (tertiary/aromatic N) is 5. The molecule has 0 spiro atoms. The van der Waals surface area contributed by atoms with Crippen LogP contribution in [0.15, 0.2) is 0 Å². The maximum Gasteiger partial charge on any atom is 0.242 e. The summed E-state index contributed by atoms with van der Waals surface area (Å²) in [4.78, 5) is 90.1. The van der Waals surface area contributed by atoms with Crippen LogP contribution in [0.1, 0.15) is 196 Å². The largest absolute Gasteiger partial charge is 0.368 e. The minimum Gasteiger partial charge on any atom is -0.368 e. The molecule has 380 valence electrons. The van der Waals surface area contributed by atoms with Gasteiger partial charge in [-0.15, -0.1) is 0 Å². The van der Waals surface area contributed by atoms with Crippen molar-refractivity contribution in [2.24, 2.45) is 23.3 Å². The smallest absolute Gasteiger partial charge is 0.242 e. The van der Waals surface area contributed by atoms with Crippen LogP contribution < -0.4 is 16.8 Å². The first-order chi connectivity index (χ1) is 31.3. The molecule has 0 aliphatic rings. The van der Waals surface area contributed by atoms with Crippen molar-refractivity contribution in [1.29, 1.82) is 0 Å². The normalized spacial score (nSPS) is 12.1. The van der Waals surface area contributed by atoms with Crippen LogP contribution in [0.3, 0.4) is 0 Å². The van der Waals surface area contributed by atoms with Gasteiger partial charge in [0.25, 0.3) is 0 Å². The van der Waals surface area contributed by atoms with Crippen molar-refractivity contribution in [3.63, 3.8) is 0 Å². The van der Waals surface area contributed by atoms with Crippen molar-refractivity contribution < 1.29 is 28.8 Å². The van der Waals surface area contributed by atoms with E-state index in [9.17, 15) is 28.8 Å². The lowest BCUT2D eigenvalue weighted by Gasteiger charge is -2.33. The zero-order chi connectivity index (χ0) is 48.7. The van der Waals surface area contributed by atoms with Crippen molar-refractivity contribution in [2.75, 3.05) is 85.6 Å². The lowest BCUT2D eigenvalue weighted by Crippen LogP contribution is -2.52. The van der Waals surface area contributed by atoms with E-state index in [0.29, 0.717) is 45.7 Å². The SMILES string of the molecule is CCCCCCCCCCN(CC(=O)N(CC(=O)N(CCCCCCCCCC)CC(=O)N(CC(N)=O)CC(CC)CCCC)CC(CC)CCCC)C(=O)CN(C)C(=O)CNCCN. The summed E-state index contributed by atoms with van der Waals surface area (Å²) in [5.41, 5.74) is 11.3. The standard InChI is InChI=1S/C51H100N8O6/c1-8-14-18-20-22-24-26-28-34-56(48(62)40-55(7)47(61)36-54-33-32-52)42-51(65)59(38-45(13-6)31-17-11-4)43-49(63)57(35-29-27-25-23-21-19-15-9-2)41-50(64)58(39-46(53)60)37-44(12-5)30-16-10-3/h44-45,54H,8-43,52H2,1-7H3,(H2,53,60). The molecule has 5 N–H and O–H groups in total. The molecule has 0 aromatic rings. The molecule has 0 rings (SSSR count). The minimum absolute atomic E-state index is 0.0558. The quantitative estimate of drug-likeness (QED) is 0.0525. The van der Waals surface area contributed by atoms with Crippen LogP contribution in [-0.4, -0.2) is 146 Å². The number of amides is 6. The van der Waals surface area contributed by atoms with Crippen LogP contribution in [0.2, 0.25) is 0 Å². The number of carbonyl (C=O) groups is 6. The highest BCUT2D eigenvalue weighted by Crippen LogP contribution is 2.18. The van der Waals surface area contributed by atoms with E-state index in [-0.39, 0.29) is 80.6 Å². The topological polar surface area (TPSA) is 183 Å². The first-order valence-corrected chi connectivity index (χ1v) is 26.4. The molecular weight excluding hydrogens is 821 g/mol. The average Bonchev–Trinajstić information content (AvgIpc) is 3.28. The molecule has 0 aromatic heterocycles. The first kappa shape index (κ1) is 61.7. The third-order valence-electron chi connectivity index (χ3n) is 12.7. The van der Waals surface area contributed by atoms with Crippen LogP contribution in [0.25, 0.3) is 0 Å². The Morgan fingerprint density at radius 1 is 0.446 bits per heavy atom. The summed E-state index contributed by atoms with van der Waals surface area (Å²) in [5, 5.41) is 2.99. The highest BCUT2D eigenvalue weighted by molar-refractivity contribution is 5.92. The summed E-state index contributed by atoms with van der Waals surface area (Å²) in [7, 11) is 1.59. The lowest BCUT2D eigenvalue weighted by atomic mass is 9.98. The van der Waals surface area contributed by atoms with Crippen LogP contribution >= 0.6 is 0 Å². The molecule has 0 heterocycles. The molecule has 0 radical (unpaired) electrons. The van der Waals surface area contributed by atoms with E-state index < -0.39 is 5.91 Å². The number of hydrogen-bond acceptors (Lipinski definition) is 8. The second-order valence-electron chi connectivity index (χ2n) is 18.6. The molecular formula is C51H100N8O6. The molecule has 14 heteroatoms. The van der Waals surface area contributed by atoms with Gasteiger partial charge in [0.15, 0.2) is 0 Å². The summed E-state index contributed by atoms with van der Waals surface area (Å²) in [6, 6.07) is 0. The Morgan fingerprint density at radius 3 is 1.18 bits per heavy atom. The fourth-order valence-corrected chi connectivity index (χ4v) is 8.23. The summed E-state index contributed by atoms with van der Waals surface area (Å²) in [5.74, 6) is -1.77. The Kier molecular flexibility index (Phi) is 38.9. The number of nitrogens with two attached hydrogens (primary N) is 2. The van der Waals surface area contributed by atoms with Crippen molar-refractivity contribution >= 4 is 35.4 Å². The van der Waals surface area contributed by atoms with Gasteiger partial charge < -0.3 is 41.3 Å². The number of hydrogen-bond donors (Lipinski definition) is 3. The van der Waals surface area contributed by atoms with Crippen molar-refractivity contribution in [3.8, 4) is 0 Å². The Balaban J connectivity index is 6.63. The summed E-state index contributed by atoms with van der Waals surface area (Å²) in [6.45, 7) is 14.2. The van der Waals surface area contributed by atoms with Gasteiger partial charge >= 0.3 is 0 Å². The number of primary amides is 1. The maximum absolute atomic E-state index is 14.6. The average molecular weight is 921 g/mol. The molecule has 0 aromatic carbocycles. The molecule has 0 aliphatic heterocycles. The van der Waals surface area contributed by atoms with Gasteiger partial charge in [-0.05, 0) is 37.5 Å². The molecule has 65 heavy (non-hydrogen) atoms. The number of unbranched alkanes of at least 4 members (excludes halogenated alkanes) is 16. The van der Waals surface area contributed by atoms with Gasteiger partial charge in [-0.1, -0.05) is 170 Å². The van der Waals surface area contributed by atoms with Crippen LogP contribution in [0.4, 0.5) is 0 Å². The molecule has 14 nitrogen and oxygen atoms in total. The summed E-state index contributed by atoms with van der Waals surface area (Å²) >= 11 is 0. The highest BCUT2D eigenvalue weighted by Gasteiger charge is 2.30. The van der Waals surface area contributed by atoms with E-state index in [1.54, 1.807) is 21.7 Å². The Labute approximate surface area is 397 Å². The fourth-order valence-electron chi connectivity index (χ4n) is 8.23. The molecule has 2 unspecified atom stereocenters. The van der Waals surface area contributed by atoms with Crippen LogP contribution in [0, 0.1) is 11.8 Å². The third-order valence-corrected chi connectivity index (χ3v) is 12.7. The zero-order valence-corrected chi connectivity index (χ0v) is 43.0. The van der Waals surface area contributed by atoms with E-state index >= 15 is 0 Å². The monoisotopic (exact) mass is 921 g/mol. The predicted octanol–water partition coefficient (Wildman–Crippen LogP) is 7.51. The van der Waals surface area contributed by atoms with E-state index in [0.717, 1.165) is 96.3 Å². The molecule has 2 atom stereocenters. The fraction of sp³-hybridized carbons (Fsp3) is 0.882. The van der Waals surface area contributed by atoms with Crippen molar-refractivity contribution in [3.05, 3.63) is 0 Å². The summed E-state index contributed by atoms with van der Waals surface area (Å²) < 4.78 is 0. The second kappa shape index (κ2) is 41.0. The second-order valence-corrected chi connectivity index (χ2v) is 18.6. The van der Waals surface area contributed by atoms with Gasteiger partial charge in [-0.2, -0.15) is 0 Å². The van der Waals surface area contributed by atoms with E-state index in [4.69, 9.17) is 11.5 Å². The predicted molar refractivity (Wildman–Crippen MR) is 267 cm³/mol. The maximum atomic E-state index is 14.6. The Morgan fingerprint density at radius 2 is 0.800 bits per heavy atom. The molecule has 6 amide bonds. The lowest BCUT2D eigenvalue weighted by molar-refractivity contribution is -0.147. The van der Waals surface area contributed by atoms with Gasteiger partial charge in [0.05, 0.1) is 39.3 Å². The van der Waals surface area contributed by atoms with E-state index in [2.05, 4.69) is 46.9 Å². The summed E-state index contributed by atoms with van der Waals surface area (Å²) in [6.07, 6.45) is 24.8. The minimum atomic E-state index is -0.594. The van der Waals surface area contributed by atoms with E-state index in [1.807, 2.05) is 0 Å². The Bertz CT molecular complexity index is 1270. The van der Waals surface area contributed by atoms with Crippen molar-refractivity contribution in [1.82, 2.24) is 29.8 Å². The van der Waals surface area contributed by atoms with Crippen molar-refractivity contribution in [2.45, 2.75) is 196 Å². The van der Waals surface area contributed by atoms with Gasteiger partial charge in [-0.3, -0.25) is 28.8 Å². The molecule has 0 fully saturated rings. The Hall–Kier alpha value is -3.26. The highest BCUT2D eigenvalue weighted by atomic mass is 16.2. The van der Waals surface area contributed by atoms with Gasteiger partial charge in [0.1, 0.15) is 0 Å². The zero-order valence-electron chi connectivity index (χ0n) is 43.0.